The molecular formula is C17H20N4. The van der Waals surface area contributed by atoms with Crippen molar-refractivity contribution < 1.29 is 0 Å². The fourth-order valence-electron chi connectivity index (χ4n) is 3.98. The van der Waals surface area contributed by atoms with E-state index in [1.54, 1.807) is 0 Å². The van der Waals surface area contributed by atoms with Gasteiger partial charge in [0.25, 0.3) is 0 Å². The predicted molar refractivity (Wildman–Crippen MR) is 78.8 cm³/mol. The van der Waals surface area contributed by atoms with Gasteiger partial charge in [-0.05, 0) is 36.2 Å². The third-order valence-electron chi connectivity index (χ3n) is 4.89. The molecule has 0 aromatic carbocycles. The molecule has 0 bridgehead atoms. The smallest absolute Gasteiger partial charge is 0.187 e. The number of allylic oxidation sites excluding steroid dienone is 4. The molecule has 2 N–H and O–H groups in total. The Labute approximate surface area is 126 Å². The van der Waals surface area contributed by atoms with Gasteiger partial charge in [0.05, 0.1) is 23.4 Å². The highest BCUT2D eigenvalue weighted by Gasteiger charge is 2.54. The first kappa shape index (κ1) is 15.1. The van der Waals surface area contributed by atoms with Crippen molar-refractivity contribution in [1.29, 1.82) is 15.8 Å². The summed E-state index contributed by atoms with van der Waals surface area (Å²) in [7, 11) is 0. The molecule has 4 nitrogen and oxygen atoms in total. The zero-order valence-corrected chi connectivity index (χ0v) is 12.7. The molecule has 21 heavy (non-hydrogen) atoms. The number of rotatable bonds is 1. The van der Waals surface area contributed by atoms with E-state index in [1.165, 1.54) is 0 Å². The zero-order chi connectivity index (χ0) is 15.8. The number of nitrogens with two attached hydrogens (primary N) is 1. The van der Waals surface area contributed by atoms with Crippen LogP contribution in [0.25, 0.3) is 0 Å². The molecule has 3 atom stereocenters. The second-order valence-electron chi connectivity index (χ2n) is 6.54. The van der Waals surface area contributed by atoms with E-state index in [4.69, 9.17) is 5.73 Å². The van der Waals surface area contributed by atoms with Crippen LogP contribution in [0.5, 0.6) is 0 Å². The average Bonchev–Trinajstić information content (AvgIpc) is 2.46. The molecule has 0 heterocycles. The van der Waals surface area contributed by atoms with E-state index >= 15 is 0 Å². The molecule has 108 valence electrons. The summed E-state index contributed by atoms with van der Waals surface area (Å²) in [6.45, 7) is 6.21. The van der Waals surface area contributed by atoms with Crippen LogP contribution in [-0.2, 0) is 0 Å². The van der Waals surface area contributed by atoms with Gasteiger partial charge in [0.1, 0.15) is 6.07 Å². The number of nitrogens with zero attached hydrogens (tertiary/aromatic N) is 3. The lowest BCUT2D eigenvalue weighted by molar-refractivity contribution is 0.158. The molecule has 0 aromatic heterocycles. The summed E-state index contributed by atoms with van der Waals surface area (Å²) in [5.74, 6) is 0.532. The predicted octanol–water partition coefficient (Wildman–Crippen LogP) is 3.01. The number of hydrogen-bond acceptors (Lipinski definition) is 4. The maximum Gasteiger partial charge on any atom is 0.187 e. The minimum atomic E-state index is -1.39. The van der Waals surface area contributed by atoms with Gasteiger partial charge in [-0.2, -0.15) is 15.8 Å². The summed E-state index contributed by atoms with van der Waals surface area (Å²) in [6, 6.07) is 6.41. The number of fused-ring (bicyclic) bond motifs is 1. The quantitative estimate of drug-likeness (QED) is 0.798. The lowest BCUT2D eigenvalue weighted by Gasteiger charge is -2.46. The van der Waals surface area contributed by atoms with Gasteiger partial charge < -0.3 is 5.73 Å². The van der Waals surface area contributed by atoms with Crippen molar-refractivity contribution in [2.75, 3.05) is 0 Å². The van der Waals surface area contributed by atoms with E-state index in [-0.39, 0.29) is 23.5 Å². The molecule has 0 radical (unpaired) electrons. The van der Waals surface area contributed by atoms with Gasteiger partial charge in [-0.15, -0.1) is 0 Å². The monoisotopic (exact) mass is 280 g/mol. The molecule has 0 spiro atoms. The number of nitriles is 3. The molecule has 0 saturated heterocycles. The van der Waals surface area contributed by atoms with Crippen molar-refractivity contribution in [1.82, 2.24) is 0 Å². The molecule has 4 heteroatoms. The molecule has 0 fully saturated rings. The van der Waals surface area contributed by atoms with Crippen molar-refractivity contribution in [2.45, 2.75) is 33.6 Å². The van der Waals surface area contributed by atoms with Crippen molar-refractivity contribution in [3.63, 3.8) is 0 Å². The molecule has 0 amide bonds. The Morgan fingerprint density at radius 3 is 2.38 bits per heavy atom. The minimum Gasteiger partial charge on any atom is -0.399 e. The Hall–Kier alpha value is -2.25. The van der Waals surface area contributed by atoms with Gasteiger partial charge in [-0.25, -0.2) is 0 Å². The molecular weight excluding hydrogens is 260 g/mol. The largest absolute Gasteiger partial charge is 0.399 e. The van der Waals surface area contributed by atoms with Crippen LogP contribution < -0.4 is 5.73 Å². The molecule has 2 aliphatic carbocycles. The normalized spacial score (nSPS) is 30.7. The van der Waals surface area contributed by atoms with Crippen LogP contribution in [0.1, 0.15) is 33.6 Å². The van der Waals surface area contributed by atoms with E-state index in [1.807, 2.05) is 13.8 Å². The third kappa shape index (κ3) is 2.01. The average molecular weight is 280 g/mol. The lowest BCUT2D eigenvalue weighted by atomic mass is 9.55. The van der Waals surface area contributed by atoms with Gasteiger partial charge in [0.2, 0.25) is 0 Å². The van der Waals surface area contributed by atoms with Crippen molar-refractivity contribution in [3.05, 3.63) is 22.9 Å². The van der Waals surface area contributed by atoms with Crippen LogP contribution in [0.4, 0.5) is 0 Å². The van der Waals surface area contributed by atoms with Crippen LogP contribution in [-0.4, -0.2) is 0 Å². The highest BCUT2D eigenvalue weighted by Crippen LogP contribution is 2.54. The Kier molecular flexibility index (Phi) is 3.80. The van der Waals surface area contributed by atoms with Crippen LogP contribution >= 0.6 is 0 Å². The van der Waals surface area contributed by atoms with Crippen LogP contribution in [0, 0.1) is 63.1 Å². The fraction of sp³-hybridized carbons (Fsp3) is 0.588. The van der Waals surface area contributed by atoms with Gasteiger partial charge in [-0.3, -0.25) is 0 Å². The topological polar surface area (TPSA) is 97.4 Å². The minimum absolute atomic E-state index is 0.0648. The lowest BCUT2D eigenvalue weighted by Crippen LogP contribution is -2.47. The first-order chi connectivity index (χ1) is 9.92. The third-order valence-corrected chi connectivity index (χ3v) is 4.89. The van der Waals surface area contributed by atoms with Gasteiger partial charge in [0.15, 0.2) is 5.41 Å². The van der Waals surface area contributed by atoms with Gasteiger partial charge in [-0.1, -0.05) is 26.8 Å². The molecule has 2 rings (SSSR count). The van der Waals surface area contributed by atoms with E-state index in [9.17, 15) is 15.8 Å². The maximum absolute atomic E-state index is 9.69. The Morgan fingerprint density at radius 1 is 1.29 bits per heavy atom. The molecule has 0 saturated carbocycles. The van der Waals surface area contributed by atoms with Crippen molar-refractivity contribution in [3.8, 4) is 18.2 Å². The van der Waals surface area contributed by atoms with Crippen molar-refractivity contribution >= 4 is 0 Å². The molecule has 0 aromatic rings. The highest BCUT2D eigenvalue weighted by atomic mass is 14.7. The van der Waals surface area contributed by atoms with Gasteiger partial charge in [0, 0.05) is 5.92 Å². The Morgan fingerprint density at radius 2 is 1.90 bits per heavy atom. The van der Waals surface area contributed by atoms with E-state index < -0.39 is 5.41 Å². The Bertz CT molecular complexity index is 619. The standard InChI is InChI=1S/C17H20N4/c1-10(2)15-13-6-11(3)4-5-12(13)14(7-18)16(21)17(15,8-19)9-20/h5,10-11,13,15H,4,6,21H2,1-3H3/t11-,13+,15+/m1/s1. The molecule has 0 unspecified atom stereocenters. The summed E-state index contributed by atoms with van der Waals surface area (Å²) in [6.07, 6.45) is 3.90. The van der Waals surface area contributed by atoms with E-state index in [2.05, 4.69) is 31.2 Å². The summed E-state index contributed by atoms with van der Waals surface area (Å²) in [5.41, 5.74) is 6.19. The summed E-state index contributed by atoms with van der Waals surface area (Å²) < 4.78 is 0. The second-order valence-corrected chi connectivity index (χ2v) is 6.54. The van der Waals surface area contributed by atoms with Crippen LogP contribution in [0.15, 0.2) is 22.9 Å². The summed E-state index contributed by atoms with van der Waals surface area (Å²) in [4.78, 5) is 0. The first-order valence-corrected chi connectivity index (χ1v) is 7.36. The van der Waals surface area contributed by atoms with Crippen LogP contribution in [0.2, 0.25) is 0 Å². The summed E-state index contributed by atoms with van der Waals surface area (Å²) >= 11 is 0. The Balaban J connectivity index is 2.77. The molecule has 0 aliphatic heterocycles. The second kappa shape index (κ2) is 5.27. The zero-order valence-electron chi connectivity index (χ0n) is 12.7. The molecule has 2 aliphatic rings. The number of hydrogen-bond donors (Lipinski definition) is 1. The van der Waals surface area contributed by atoms with E-state index in [0.717, 1.165) is 18.4 Å². The fourth-order valence-corrected chi connectivity index (χ4v) is 3.98. The van der Waals surface area contributed by atoms with Crippen molar-refractivity contribution in [2.24, 2.45) is 34.8 Å². The van der Waals surface area contributed by atoms with E-state index in [0.29, 0.717) is 11.5 Å². The summed E-state index contributed by atoms with van der Waals surface area (Å²) in [5, 5.41) is 28.8. The highest BCUT2D eigenvalue weighted by molar-refractivity contribution is 5.56. The maximum atomic E-state index is 9.69. The first-order valence-electron chi connectivity index (χ1n) is 7.36. The SMILES string of the molecule is CC(C)[C@H]1[C@H]2C[C@H](C)CC=C2C(C#N)=C(N)C1(C#N)C#N. The van der Waals surface area contributed by atoms with Crippen LogP contribution in [0.3, 0.4) is 0 Å². The van der Waals surface area contributed by atoms with Gasteiger partial charge >= 0.3 is 0 Å².